The summed E-state index contributed by atoms with van der Waals surface area (Å²) < 4.78 is 1.03. The second kappa shape index (κ2) is 7.45. The summed E-state index contributed by atoms with van der Waals surface area (Å²) in [5.41, 5.74) is 1.03. The van der Waals surface area contributed by atoms with Crippen LogP contribution >= 0.6 is 15.9 Å². The van der Waals surface area contributed by atoms with Crippen LogP contribution in [-0.2, 0) is 11.2 Å². The molecular weight excluding hydrogens is 280 g/mol. The van der Waals surface area contributed by atoms with Crippen LogP contribution in [0.5, 0.6) is 0 Å². The number of hydrogen-bond donors (Lipinski definition) is 2. The molecule has 2 N–H and O–H groups in total. The first-order valence-corrected chi connectivity index (χ1v) is 6.57. The Morgan fingerprint density at radius 1 is 1.29 bits per heavy atom. The van der Waals surface area contributed by atoms with Crippen molar-refractivity contribution in [2.24, 2.45) is 5.92 Å². The zero-order valence-electron chi connectivity index (χ0n) is 10.3. The highest BCUT2D eigenvalue weighted by Crippen LogP contribution is 2.10. The zero-order valence-corrected chi connectivity index (χ0v) is 11.9. The molecule has 4 heteroatoms. The number of nitrogens with one attached hydrogen (secondary N) is 2. The van der Waals surface area contributed by atoms with Gasteiger partial charge >= 0.3 is 0 Å². The molecule has 1 rings (SSSR count). The topological polar surface area (TPSA) is 41.1 Å². The number of carbonyl (C=O) groups excluding carboxylic acids is 1. The second-order valence-corrected chi connectivity index (χ2v) is 5.19. The number of amides is 1. The average Bonchev–Trinajstić information content (AvgIpc) is 2.30. The van der Waals surface area contributed by atoms with Gasteiger partial charge in [0.15, 0.2) is 0 Å². The van der Waals surface area contributed by atoms with Gasteiger partial charge in [-0.1, -0.05) is 35.0 Å². The van der Waals surface area contributed by atoms with E-state index in [4.69, 9.17) is 0 Å². The highest BCUT2D eigenvalue weighted by atomic mass is 79.9. The maximum atomic E-state index is 11.7. The van der Waals surface area contributed by atoms with Gasteiger partial charge in [0.05, 0.1) is 6.42 Å². The maximum Gasteiger partial charge on any atom is 0.224 e. The van der Waals surface area contributed by atoms with E-state index < -0.39 is 0 Å². The summed E-state index contributed by atoms with van der Waals surface area (Å²) >= 11 is 3.37. The normalized spacial score (nSPS) is 12.2. The van der Waals surface area contributed by atoms with Gasteiger partial charge in [-0.2, -0.15) is 0 Å². The number of hydrogen-bond acceptors (Lipinski definition) is 2. The van der Waals surface area contributed by atoms with Gasteiger partial charge in [-0.05, 0) is 37.2 Å². The molecule has 0 spiro atoms. The number of rotatable bonds is 6. The van der Waals surface area contributed by atoms with Gasteiger partial charge < -0.3 is 10.6 Å². The molecule has 0 bridgehead atoms. The first kappa shape index (κ1) is 14.2. The molecular formula is C13H19BrN2O. The lowest BCUT2D eigenvalue weighted by Gasteiger charge is -2.11. The lowest BCUT2D eigenvalue weighted by atomic mass is 10.1. The van der Waals surface area contributed by atoms with E-state index in [1.807, 2.05) is 31.3 Å². The van der Waals surface area contributed by atoms with E-state index in [1.165, 1.54) is 0 Å². The Balaban J connectivity index is 2.32. The molecule has 0 radical (unpaired) electrons. The maximum absolute atomic E-state index is 11.7. The third kappa shape index (κ3) is 5.84. The first-order chi connectivity index (χ1) is 8.11. The molecule has 0 aliphatic carbocycles. The van der Waals surface area contributed by atoms with Crippen molar-refractivity contribution in [3.63, 3.8) is 0 Å². The van der Waals surface area contributed by atoms with Crippen LogP contribution in [0.25, 0.3) is 0 Å². The monoisotopic (exact) mass is 298 g/mol. The first-order valence-electron chi connectivity index (χ1n) is 5.77. The van der Waals surface area contributed by atoms with Crippen molar-refractivity contribution in [1.29, 1.82) is 0 Å². The molecule has 1 aromatic rings. The Morgan fingerprint density at radius 3 is 2.53 bits per heavy atom. The number of halogens is 1. The van der Waals surface area contributed by atoms with Gasteiger partial charge in [0.25, 0.3) is 0 Å². The lowest BCUT2D eigenvalue weighted by molar-refractivity contribution is -0.120. The molecule has 0 aliphatic heterocycles. The predicted molar refractivity (Wildman–Crippen MR) is 73.9 cm³/mol. The van der Waals surface area contributed by atoms with Gasteiger partial charge in [-0.15, -0.1) is 0 Å². The van der Waals surface area contributed by atoms with Crippen LogP contribution in [-0.4, -0.2) is 26.0 Å². The minimum atomic E-state index is 0.0790. The van der Waals surface area contributed by atoms with Gasteiger partial charge in [0.1, 0.15) is 0 Å². The largest absolute Gasteiger partial charge is 0.355 e. The Labute approximate surface area is 111 Å². The molecule has 0 saturated carbocycles. The minimum Gasteiger partial charge on any atom is -0.355 e. The van der Waals surface area contributed by atoms with Crippen molar-refractivity contribution in [2.45, 2.75) is 13.3 Å². The van der Waals surface area contributed by atoms with Crippen LogP contribution < -0.4 is 10.6 Å². The molecule has 1 unspecified atom stereocenters. The van der Waals surface area contributed by atoms with E-state index in [1.54, 1.807) is 0 Å². The summed E-state index contributed by atoms with van der Waals surface area (Å²) in [6.45, 7) is 3.74. The summed E-state index contributed by atoms with van der Waals surface area (Å²) in [5, 5.41) is 6.03. The fourth-order valence-electron chi connectivity index (χ4n) is 1.56. The smallest absolute Gasteiger partial charge is 0.224 e. The lowest BCUT2D eigenvalue weighted by Crippen LogP contribution is -2.33. The highest BCUT2D eigenvalue weighted by molar-refractivity contribution is 9.10. The molecule has 1 atom stereocenters. The quantitative estimate of drug-likeness (QED) is 0.843. The summed E-state index contributed by atoms with van der Waals surface area (Å²) in [6, 6.07) is 7.82. The molecule has 0 fully saturated rings. The van der Waals surface area contributed by atoms with Gasteiger partial charge in [-0.3, -0.25) is 4.79 Å². The third-order valence-corrected chi connectivity index (χ3v) is 3.01. The van der Waals surface area contributed by atoms with E-state index in [2.05, 4.69) is 33.5 Å². The molecule has 0 aromatic heterocycles. The molecule has 94 valence electrons. The average molecular weight is 299 g/mol. The summed E-state index contributed by atoms with van der Waals surface area (Å²) in [5.74, 6) is 0.532. The van der Waals surface area contributed by atoms with Crippen molar-refractivity contribution >= 4 is 21.8 Å². The Hall–Kier alpha value is -0.870. The molecule has 0 aliphatic rings. The van der Waals surface area contributed by atoms with E-state index in [0.29, 0.717) is 12.3 Å². The molecule has 1 amide bonds. The molecule has 0 heterocycles. The van der Waals surface area contributed by atoms with Gasteiger partial charge in [-0.25, -0.2) is 0 Å². The van der Waals surface area contributed by atoms with Crippen molar-refractivity contribution in [3.8, 4) is 0 Å². The standard InChI is InChI=1S/C13H19BrN2O/c1-10(8-15-2)9-16-13(17)7-11-3-5-12(14)6-4-11/h3-6,10,15H,7-9H2,1-2H3,(H,16,17). The Morgan fingerprint density at radius 2 is 1.94 bits per heavy atom. The van der Waals surface area contributed by atoms with E-state index in [9.17, 15) is 4.79 Å². The summed E-state index contributed by atoms with van der Waals surface area (Å²) in [4.78, 5) is 11.7. The fourth-order valence-corrected chi connectivity index (χ4v) is 1.82. The second-order valence-electron chi connectivity index (χ2n) is 4.27. The van der Waals surface area contributed by atoms with E-state index in [0.717, 1.165) is 23.1 Å². The third-order valence-electron chi connectivity index (χ3n) is 2.48. The molecule has 17 heavy (non-hydrogen) atoms. The van der Waals surface area contributed by atoms with E-state index >= 15 is 0 Å². The zero-order chi connectivity index (χ0) is 12.7. The van der Waals surface area contributed by atoms with E-state index in [-0.39, 0.29) is 5.91 Å². The van der Waals surface area contributed by atoms with Crippen molar-refractivity contribution in [2.75, 3.05) is 20.1 Å². The molecule has 1 aromatic carbocycles. The van der Waals surface area contributed by atoms with Crippen LogP contribution in [0.15, 0.2) is 28.7 Å². The van der Waals surface area contributed by atoms with Crippen LogP contribution in [0, 0.1) is 5.92 Å². The fraction of sp³-hybridized carbons (Fsp3) is 0.462. The number of benzene rings is 1. The summed E-state index contributed by atoms with van der Waals surface area (Å²) in [7, 11) is 1.92. The van der Waals surface area contributed by atoms with Crippen LogP contribution in [0.2, 0.25) is 0 Å². The Kier molecular flexibility index (Phi) is 6.22. The number of carbonyl (C=O) groups is 1. The van der Waals surface area contributed by atoms with Crippen LogP contribution in [0.3, 0.4) is 0 Å². The Bertz CT molecular complexity index is 351. The van der Waals surface area contributed by atoms with Crippen molar-refractivity contribution < 1.29 is 4.79 Å². The van der Waals surface area contributed by atoms with Gasteiger partial charge in [0.2, 0.25) is 5.91 Å². The van der Waals surface area contributed by atoms with Crippen LogP contribution in [0.1, 0.15) is 12.5 Å². The molecule has 3 nitrogen and oxygen atoms in total. The van der Waals surface area contributed by atoms with Crippen LogP contribution in [0.4, 0.5) is 0 Å². The SMILES string of the molecule is CNCC(C)CNC(=O)Cc1ccc(Br)cc1. The van der Waals surface area contributed by atoms with Crippen molar-refractivity contribution in [1.82, 2.24) is 10.6 Å². The van der Waals surface area contributed by atoms with Gasteiger partial charge in [0, 0.05) is 11.0 Å². The highest BCUT2D eigenvalue weighted by Gasteiger charge is 2.05. The minimum absolute atomic E-state index is 0.0790. The molecule has 0 saturated heterocycles. The van der Waals surface area contributed by atoms with Crippen molar-refractivity contribution in [3.05, 3.63) is 34.3 Å². The summed E-state index contributed by atoms with van der Waals surface area (Å²) in [6.07, 6.45) is 0.444. The predicted octanol–water partition coefficient (Wildman–Crippen LogP) is 1.96.